The van der Waals surface area contributed by atoms with E-state index >= 15 is 0 Å². The number of rotatable bonds is 4. The number of benzene rings is 2. The lowest BCUT2D eigenvalue weighted by atomic mass is 10.0. The van der Waals surface area contributed by atoms with Crippen molar-refractivity contribution in [3.8, 4) is 11.4 Å². The largest absolute Gasteiger partial charge is 0.326 e. The molecule has 0 fully saturated rings. The quantitative estimate of drug-likeness (QED) is 0.733. The van der Waals surface area contributed by atoms with Gasteiger partial charge in [-0.25, -0.2) is 0 Å². The van der Waals surface area contributed by atoms with Crippen LogP contribution in [0, 0.1) is 13.8 Å². The fourth-order valence-electron chi connectivity index (χ4n) is 3.77. The van der Waals surface area contributed by atoms with Gasteiger partial charge in [0.2, 0.25) is 5.91 Å². The standard InChI is InChI=1S/C23H26N4O/c1-16-8-5-6-9-18(16)15-22(28)24-20-14-19(12-11-17(20)2)23-26-25-21-10-4-3-7-13-27(21)23/h5-6,8-9,11-12,14H,3-4,7,10,13,15H2,1-2H3,(H,24,28). The SMILES string of the molecule is Cc1ccccc1CC(=O)Nc1cc(-c2nnc3n2CCCCC3)ccc1C. The molecule has 0 atom stereocenters. The highest BCUT2D eigenvalue weighted by atomic mass is 16.1. The van der Waals surface area contributed by atoms with Crippen molar-refractivity contribution >= 4 is 11.6 Å². The first-order valence-corrected chi connectivity index (χ1v) is 9.99. The van der Waals surface area contributed by atoms with Crippen LogP contribution in [0.4, 0.5) is 5.69 Å². The fraction of sp³-hybridized carbons (Fsp3) is 0.348. The summed E-state index contributed by atoms with van der Waals surface area (Å²) in [6, 6.07) is 14.1. The van der Waals surface area contributed by atoms with Gasteiger partial charge in [-0.3, -0.25) is 4.79 Å². The van der Waals surface area contributed by atoms with E-state index in [0.29, 0.717) is 6.42 Å². The van der Waals surface area contributed by atoms with Gasteiger partial charge in [0, 0.05) is 24.2 Å². The summed E-state index contributed by atoms with van der Waals surface area (Å²) >= 11 is 0. The molecule has 0 saturated heterocycles. The third-order valence-corrected chi connectivity index (χ3v) is 5.49. The van der Waals surface area contributed by atoms with Crippen LogP contribution >= 0.6 is 0 Å². The van der Waals surface area contributed by atoms with Crippen LogP contribution < -0.4 is 5.32 Å². The molecule has 3 aromatic rings. The minimum atomic E-state index is -0.00498. The molecule has 1 amide bonds. The summed E-state index contributed by atoms with van der Waals surface area (Å²) in [6.45, 7) is 5.00. The van der Waals surface area contributed by atoms with Crippen molar-refractivity contribution in [2.45, 2.75) is 52.5 Å². The molecule has 28 heavy (non-hydrogen) atoms. The normalized spacial score (nSPS) is 13.6. The zero-order chi connectivity index (χ0) is 19.5. The Morgan fingerprint density at radius 2 is 1.89 bits per heavy atom. The predicted molar refractivity (Wildman–Crippen MR) is 111 cm³/mol. The number of hydrogen-bond acceptors (Lipinski definition) is 3. The lowest BCUT2D eigenvalue weighted by molar-refractivity contribution is -0.115. The van der Waals surface area contributed by atoms with Gasteiger partial charge in [0.15, 0.2) is 5.82 Å². The molecule has 4 rings (SSSR count). The molecule has 0 aliphatic carbocycles. The van der Waals surface area contributed by atoms with E-state index in [-0.39, 0.29) is 5.91 Å². The summed E-state index contributed by atoms with van der Waals surface area (Å²) in [7, 11) is 0. The molecular weight excluding hydrogens is 348 g/mol. The number of anilines is 1. The summed E-state index contributed by atoms with van der Waals surface area (Å²) in [5.74, 6) is 1.96. The first-order valence-electron chi connectivity index (χ1n) is 9.99. The number of carbonyl (C=O) groups is 1. The number of carbonyl (C=O) groups excluding carboxylic acids is 1. The number of nitrogens with zero attached hydrogens (tertiary/aromatic N) is 3. The maximum Gasteiger partial charge on any atom is 0.228 e. The topological polar surface area (TPSA) is 59.8 Å². The van der Waals surface area contributed by atoms with Crippen LogP contribution in [0.3, 0.4) is 0 Å². The Labute approximate surface area is 165 Å². The second-order valence-electron chi connectivity index (χ2n) is 7.58. The molecule has 1 N–H and O–H groups in total. The van der Waals surface area contributed by atoms with Crippen LogP contribution in [-0.4, -0.2) is 20.7 Å². The van der Waals surface area contributed by atoms with Gasteiger partial charge < -0.3 is 9.88 Å². The van der Waals surface area contributed by atoms with E-state index in [9.17, 15) is 4.79 Å². The van der Waals surface area contributed by atoms with E-state index < -0.39 is 0 Å². The van der Waals surface area contributed by atoms with Gasteiger partial charge in [0.25, 0.3) is 0 Å². The molecule has 2 aromatic carbocycles. The van der Waals surface area contributed by atoms with Gasteiger partial charge in [-0.1, -0.05) is 42.8 Å². The Kier molecular flexibility index (Phi) is 5.24. The third kappa shape index (κ3) is 3.84. The number of aromatic nitrogens is 3. The summed E-state index contributed by atoms with van der Waals surface area (Å²) in [6.07, 6.45) is 4.92. The lowest BCUT2D eigenvalue weighted by Gasteiger charge is -2.12. The second kappa shape index (κ2) is 7.97. The van der Waals surface area contributed by atoms with E-state index in [1.54, 1.807) is 0 Å². The number of amides is 1. The second-order valence-corrected chi connectivity index (χ2v) is 7.58. The van der Waals surface area contributed by atoms with Crippen LogP contribution in [0.2, 0.25) is 0 Å². The molecule has 5 nitrogen and oxygen atoms in total. The van der Waals surface area contributed by atoms with Gasteiger partial charge in [-0.15, -0.1) is 10.2 Å². The van der Waals surface area contributed by atoms with Crippen molar-refractivity contribution in [2.75, 3.05) is 5.32 Å². The maximum absolute atomic E-state index is 12.6. The first-order chi connectivity index (χ1) is 13.6. The van der Waals surface area contributed by atoms with Crippen molar-refractivity contribution in [1.82, 2.24) is 14.8 Å². The number of aryl methyl sites for hydroxylation is 3. The van der Waals surface area contributed by atoms with Crippen molar-refractivity contribution in [3.63, 3.8) is 0 Å². The monoisotopic (exact) mass is 374 g/mol. The van der Waals surface area contributed by atoms with Crippen LogP contribution in [0.1, 0.15) is 41.8 Å². The number of hydrogen-bond donors (Lipinski definition) is 1. The maximum atomic E-state index is 12.6. The zero-order valence-electron chi connectivity index (χ0n) is 16.5. The molecule has 144 valence electrons. The van der Waals surface area contributed by atoms with Crippen molar-refractivity contribution in [1.29, 1.82) is 0 Å². The van der Waals surface area contributed by atoms with E-state index in [4.69, 9.17) is 0 Å². The lowest BCUT2D eigenvalue weighted by Crippen LogP contribution is -2.16. The average Bonchev–Trinajstić information content (AvgIpc) is 2.93. The number of fused-ring (bicyclic) bond motifs is 1. The highest BCUT2D eigenvalue weighted by Crippen LogP contribution is 2.27. The Morgan fingerprint density at radius 3 is 2.75 bits per heavy atom. The molecule has 0 bridgehead atoms. The van der Waals surface area contributed by atoms with E-state index in [1.165, 1.54) is 12.8 Å². The Hall–Kier alpha value is -2.95. The molecule has 1 aliphatic rings. The zero-order valence-corrected chi connectivity index (χ0v) is 16.5. The highest BCUT2D eigenvalue weighted by Gasteiger charge is 2.17. The van der Waals surface area contributed by atoms with Crippen LogP contribution in [0.5, 0.6) is 0 Å². The first kappa shape index (κ1) is 18.4. The van der Waals surface area contributed by atoms with Crippen molar-refractivity contribution in [2.24, 2.45) is 0 Å². The smallest absolute Gasteiger partial charge is 0.228 e. The predicted octanol–water partition coefficient (Wildman–Crippen LogP) is 4.47. The average molecular weight is 374 g/mol. The van der Waals surface area contributed by atoms with Crippen LogP contribution in [0.15, 0.2) is 42.5 Å². The Morgan fingerprint density at radius 1 is 1.04 bits per heavy atom. The minimum Gasteiger partial charge on any atom is -0.326 e. The molecule has 0 radical (unpaired) electrons. The Balaban J connectivity index is 1.57. The fourth-order valence-corrected chi connectivity index (χ4v) is 3.77. The summed E-state index contributed by atoms with van der Waals surface area (Å²) in [4.78, 5) is 12.6. The highest BCUT2D eigenvalue weighted by molar-refractivity contribution is 5.93. The molecule has 0 spiro atoms. The summed E-state index contributed by atoms with van der Waals surface area (Å²) in [5.41, 5.74) is 5.06. The molecular formula is C23H26N4O. The van der Waals surface area contributed by atoms with Gasteiger partial charge in [-0.05, 0) is 49.4 Å². The third-order valence-electron chi connectivity index (χ3n) is 5.49. The van der Waals surface area contributed by atoms with Crippen LogP contribution in [-0.2, 0) is 24.2 Å². The Bertz CT molecular complexity index is 1010. The van der Waals surface area contributed by atoms with Crippen molar-refractivity contribution < 1.29 is 4.79 Å². The molecule has 0 unspecified atom stereocenters. The van der Waals surface area contributed by atoms with Crippen molar-refractivity contribution in [3.05, 3.63) is 65.0 Å². The van der Waals surface area contributed by atoms with Gasteiger partial charge in [0.1, 0.15) is 5.82 Å². The van der Waals surface area contributed by atoms with Gasteiger partial charge in [0.05, 0.1) is 6.42 Å². The number of nitrogens with one attached hydrogen (secondary N) is 1. The summed E-state index contributed by atoms with van der Waals surface area (Å²) < 4.78 is 2.23. The molecule has 1 aliphatic heterocycles. The molecule has 0 saturated carbocycles. The minimum absolute atomic E-state index is 0.00498. The van der Waals surface area contributed by atoms with Gasteiger partial charge in [-0.2, -0.15) is 0 Å². The van der Waals surface area contributed by atoms with Gasteiger partial charge >= 0.3 is 0 Å². The summed E-state index contributed by atoms with van der Waals surface area (Å²) in [5, 5.41) is 11.9. The van der Waals surface area contributed by atoms with E-state index in [0.717, 1.165) is 59.0 Å². The van der Waals surface area contributed by atoms with E-state index in [2.05, 4.69) is 26.1 Å². The molecule has 5 heteroatoms. The molecule has 1 aromatic heterocycles. The van der Waals surface area contributed by atoms with Crippen LogP contribution in [0.25, 0.3) is 11.4 Å². The molecule has 2 heterocycles. The van der Waals surface area contributed by atoms with E-state index in [1.807, 2.05) is 50.2 Å².